The molecule has 18 heavy (non-hydrogen) atoms. The lowest BCUT2D eigenvalue weighted by Gasteiger charge is -2.00. The Morgan fingerprint density at radius 2 is 1.89 bits per heavy atom. The maximum absolute atomic E-state index is 3.52. The van der Waals surface area contributed by atoms with Crippen LogP contribution in [0, 0.1) is 0 Å². The summed E-state index contributed by atoms with van der Waals surface area (Å²) in [5.74, 6) is 0. The van der Waals surface area contributed by atoms with E-state index in [1.165, 1.54) is 46.6 Å². The molecule has 0 saturated carbocycles. The molecule has 1 heterocycles. The molecule has 92 valence electrons. The van der Waals surface area contributed by atoms with Crippen molar-refractivity contribution in [3.05, 3.63) is 46.4 Å². The molecule has 3 rings (SSSR count). The Balaban J connectivity index is 2.16. The number of hydrogen-bond acceptors (Lipinski definition) is 0. The molecule has 0 bridgehead atoms. The van der Waals surface area contributed by atoms with E-state index < -0.39 is 0 Å². The summed E-state index contributed by atoms with van der Waals surface area (Å²) in [6.07, 6.45) is 3.69. The number of aromatic amines is 1. The first-order chi connectivity index (χ1) is 8.78. The number of benzene rings is 2. The maximum atomic E-state index is 3.52. The van der Waals surface area contributed by atoms with Gasteiger partial charge in [0.2, 0.25) is 0 Å². The third-order valence-corrected chi connectivity index (χ3v) is 3.94. The van der Waals surface area contributed by atoms with Crippen molar-refractivity contribution in [1.29, 1.82) is 0 Å². The molecule has 0 aliphatic heterocycles. The standard InChI is InChI=1S/C16H16BrN/c1-2-3-4-11-5-8-15-14(9-11)13-7-6-12(17)10-16(13)18-15/h5-10,18H,2-4H2,1H3. The number of fused-ring (bicyclic) bond motifs is 3. The van der Waals surface area contributed by atoms with Gasteiger partial charge in [-0.3, -0.25) is 0 Å². The van der Waals surface area contributed by atoms with E-state index in [0.717, 1.165) is 4.47 Å². The predicted molar refractivity (Wildman–Crippen MR) is 82.1 cm³/mol. The van der Waals surface area contributed by atoms with Gasteiger partial charge in [-0.05, 0) is 42.7 Å². The first-order valence-electron chi connectivity index (χ1n) is 6.48. The minimum Gasteiger partial charge on any atom is -0.354 e. The fourth-order valence-corrected chi connectivity index (χ4v) is 2.82. The van der Waals surface area contributed by atoms with E-state index in [2.05, 4.69) is 64.2 Å². The topological polar surface area (TPSA) is 15.8 Å². The second-order valence-electron chi connectivity index (χ2n) is 4.80. The molecule has 0 aliphatic carbocycles. The average molecular weight is 302 g/mol. The Morgan fingerprint density at radius 3 is 2.72 bits per heavy atom. The molecule has 0 fully saturated rings. The highest BCUT2D eigenvalue weighted by Gasteiger charge is 2.05. The van der Waals surface area contributed by atoms with E-state index in [4.69, 9.17) is 0 Å². The van der Waals surface area contributed by atoms with E-state index in [9.17, 15) is 0 Å². The normalized spacial score (nSPS) is 11.4. The van der Waals surface area contributed by atoms with Crippen molar-refractivity contribution in [2.75, 3.05) is 0 Å². The van der Waals surface area contributed by atoms with E-state index in [0.29, 0.717) is 0 Å². The minimum absolute atomic E-state index is 1.12. The highest BCUT2D eigenvalue weighted by atomic mass is 79.9. The summed E-state index contributed by atoms with van der Waals surface area (Å²) in [5, 5.41) is 2.65. The van der Waals surface area contributed by atoms with Gasteiger partial charge in [0.15, 0.2) is 0 Å². The molecule has 0 radical (unpaired) electrons. The number of unbranched alkanes of at least 4 members (excludes halogenated alkanes) is 1. The van der Waals surface area contributed by atoms with Crippen LogP contribution in [-0.2, 0) is 6.42 Å². The lowest BCUT2D eigenvalue weighted by Crippen LogP contribution is -1.83. The molecular formula is C16H16BrN. The Morgan fingerprint density at radius 1 is 1.00 bits per heavy atom. The van der Waals surface area contributed by atoms with Crippen LogP contribution in [0.25, 0.3) is 21.8 Å². The summed E-state index contributed by atoms with van der Waals surface area (Å²) in [5.41, 5.74) is 3.86. The lowest BCUT2D eigenvalue weighted by molar-refractivity contribution is 0.796. The summed E-state index contributed by atoms with van der Waals surface area (Å²) in [6.45, 7) is 2.24. The Hall–Kier alpha value is -1.28. The number of H-pyrrole nitrogens is 1. The maximum Gasteiger partial charge on any atom is 0.0476 e. The van der Waals surface area contributed by atoms with Gasteiger partial charge in [0.1, 0.15) is 0 Å². The van der Waals surface area contributed by atoms with E-state index in [1.807, 2.05) is 0 Å². The van der Waals surface area contributed by atoms with E-state index in [1.54, 1.807) is 0 Å². The first-order valence-corrected chi connectivity index (χ1v) is 7.27. The van der Waals surface area contributed by atoms with Crippen LogP contribution in [0.1, 0.15) is 25.3 Å². The largest absolute Gasteiger partial charge is 0.354 e. The van der Waals surface area contributed by atoms with Crippen LogP contribution in [0.3, 0.4) is 0 Å². The number of aryl methyl sites for hydroxylation is 1. The van der Waals surface area contributed by atoms with Gasteiger partial charge in [-0.1, -0.05) is 41.4 Å². The summed E-state index contributed by atoms with van der Waals surface area (Å²) in [7, 11) is 0. The Labute approximate surface area is 115 Å². The van der Waals surface area contributed by atoms with Crippen molar-refractivity contribution in [2.24, 2.45) is 0 Å². The van der Waals surface area contributed by atoms with Crippen molar-refractivity contribution >= 4 is 37.7 Å². The third kappa shape index (κ3) is 2.05. The van der Waals surface area contributed by atoms with Crippen LogP contribution < -0.4 is 0 Å². The van der Waals surface area contributed by atoms with Crippen LogP contribution >= 0.6 is 15.9 Å². The molecule has 1 N–H and O–H groups in total. The quantitative estimate of drug-likeness (QED) is 0.664. The van der Waals surface area contributed by atoms with Crippen molar-refractivity contribution < 1.29 is 0 Å². The third-order valence-electron chi connectivity index (χ3n) is 3.44. The van der Waals surface area contributed by atoms with Gasteiger partial charge in [-0.15, -0.1) is 0 Å². The molecule has 0 atom stereocenters. The summed E-state index contributed by atoms with van der Waals surface area (Å²) >= 11 is 3.52. The van der Waals surface area contributed by atoms with Crippen molar-refractivity contribution in [2.45, 2.75) is 26.2 Å². The zero-order chi connectivity index (χ0) is 12.5. The zero-order valence-corrected chi connectivity index (χ0v) is 12.0. The molecule has 3 aromatic rings. The molecule has 0 aliphatic rings. The van der Waals surface area contributed by atoms with Gasteiger partial charge in [-0.25, -0.2) is 0 Å². The van der Waals surface area contributed by atoms with Crippen LogP contribution in [0.15, 0.2) is 40.9 Å². The zero-order valence-electron chi connectivity index (χ0n) is 10.5. The summed E-state index contributed by atoms with van der Waals surface area (Å²) in [4.78, 5) is 3.47. The molecule has 1 nitrogen and oxygen atoms in total. The molecule has 1 aromatic heterocycles. The number of rotatable bonds is 3. The van der Waals surface area contributed by atoms with Gasteiger partial charge >= 0.3 is 0 Å². The second kappa shape index (κ2) is 4.77. The van der Waals surface area contributed by atoms with Crippen molar-refractivity contribution in [3.8, 4) is 0 Å². The second-order valence-corrected chi connectivity index (χ2v) is 5.71. The van der Waals surface area contributed by atoms with Gasteiger partial charge < -0.3 is 4.98 Å². The summed E-state index contributed by atoms with van der Waals surface area (Å²) < 4.78 is 1.12. The van der Waals surface area contributed by atoms with Crippen LogP contribution in [0.5, 0.6) is 0 Å². The SMILES string of the molecule is CCCCc1ccc2[nH]c3cc(Br)ccc3c2c1. The van der Waals surface area contributed by atoms with Gasteiger partial charge in [0, 0.05) is 26.3 Å². The predicted octanol–water partition coefficient (Wildman–Crippen LogP) is 5.43. The molecular weight excluding hydrogens is 286 g/mol. The fourth-order valence-electron chi connectivity index (χ4n) is 2.46. The minimum atomic E-state index is 1.12. The lowest BCUT2D eigenvalue weighted by atomic mass is 10.1. The van der Waals surface area contributed by atoms with Crippen LogP contribution in [-0.4, -0.2) is 4.98 Å². The monoisotopic (exact) mass is 301 g/mol. The smallest absolute Gasteiger partial charge is 0.0476 e. The number of aromatic nitrogens is 1. The Bertz CT molecular complexity index is 697. The molecule has 0 spiro atoms. The molecule has 0 amide bonds. The highest BCUT2D eigenvalue weighted by Crippen LogP contribution is 2.28. The van der Waals surface area contributed by atoms with Gasteiger partial charge in [0.05, 0.1) is 0 Å². The average Bonchev–Trinajstić information content (AvgIpc) is 2.72. The molecule has 2 heteroatoms. The number of hydrogen-bond donors (Lipinski definition) is 1. The molecule has 2 aromatic carbocycles. The molecule has 0 unspecified atom stereocenters. The van der Waals surface area contributed by atoms with Crippen molar-refractivity contribution in [3.63, 3.8) is 0 Å². The van der Waals surface area contributed by atoms with E-state index in [-0.39, 0.29) is 0 Å². The highest BCUT2D eigenvalue weighted by molar-refractivity contribution is 9.10. The van der Waals surface area contributed by atoms with Crippen LogP contribution in [0.4, 0.5) is 0 Å². The van der Waals surface area contributed by atoms with E-state index >= 15 is 0 Å². The summed E-state index contributed by atoms with van der Waals surface area (Å²) in [6, 6.07) is 13.2. The molecule has 0 saturated heterocycles. The Kier molecular flexibility index (Phi) is 3.13. The van der Waals surface area contributed by atoms with Crippen LogP contribution in [0.2, 0.25) is 0 Å². The fraction of sp³-hybridized carbons (Fsp3) is 0.250. The number of nitrogens with one attached hydrogen (secondary N) is 1. The van der Waals surface area contributed by atoms with Gasteiger partial charge in [-0.2, -0.15) is 0 Å². The number of halogens is 1. The first kappa shape index (κ1) is 11.8. The van der Waals surface area contributed by atoms with Gasteiger partial charge in [0.25, 0.3) is 0 Å². The van der Waals surface area contributed by atoms with Crippen molar-refractivity contribution in [1.82, 2.24) is 4.98 Å².